The molecule has 0 aromatic rings. The van der Waals surface area contributed by atoms with Gasteiger partial charge < -0.3 is 11.1 Å². The Morgan fingerprint density at radius 3 is 2.67 bits per heavy atom. The fourth-order valence-electron chi connectivity index (χ4n) is 3.04. The summed E-state index contributed by atoms with van der Waals surface area (Å²) in [5.74, 6) is 0.522. The van der Waals surface area contributed by atoms with E-state index in [9.17, 15) is 13.2 Å². The molecule has 0 aromatic carbocycles. The SMILES string of the molecule is CC1CCCC(N)(C(=O)NC2CCS(=O)(=O)C2)C1. The van der Waals surface area contributed by atoms with Crippen LogP contribution in [0.4, 0.5) is 0 Å². The minimum absolute atomic E-state index is 0.0599. The summed E-state index contributed by atoms with van der Waals surface area (Å²) >= 11 is 0. The van der Waals surface area contributed by atoms with Crippen molar-refractivity contribution in [2.24, 2.45) is 11.7 Å². The highest BCUT2D eigenvalue weighted by Gasteiger charge is 2.40. The van der Waals surface area contributed by atoms with Gasteiger partial charge in [0.1, 0.15) is 0 Å². The maximum Gasteiger partial charge on any atom is 0.240 e. The lowest BCUT2D eigenvalue weighted by Gasteiger charge is -2.36. The Bertz CT molecular complexity index is 435. The van der Waals surface area contributed by atoms with Crippen molar-refractivity contribution in [3.8, 4) is 0 Å². The molecule has 3 atom stereocenters. The first-order valence-corrected chi connectivity index (χ1v) is 8.43. The molecule has 3 N–H and O–H groups in total. The van der Waals surface area contributed by atoms with Gasteiger partial charge in [0.15, 0.2) is 9.84 Å². The van der Waals surface area contributed by atoms with Crippen molar-refractivity contribution in [2.75, 3.05) is 11.5 Å². The van der Waals surface area contributed by atoms with E-state index in [1.165, 1.54) is 0 Å². The van der Waals surface area contributed by atoms with Crippen LogP contribution in [0.2, 0.25) is 0 Å². The molecule has 0 spiro atoms. The molecule has 104 valence electrons. The van der Waals surface area contributed by atoms with Crippen LogP contribution in [-0.4, -0.2) is 37.4 Å². The van der Waals surface area contributed by atoms with E-state index < -0.39 is 15.4 Å². The van der Waals surface area contributed by atoms with E-state index in [0.29, 0.717) is 25.2 Å². The van der Waals surface area contributed by atoms with Gasteiger partial charge in [0.2, 0.25) is 5.91 Å². The Morgan fingerprint density at radius 2 is 2.11 bits per heavy atom. The van der Waals surface area contributed by atoms with E-state index in [1.54, 1.807) is 0 Å². The number of rotatable bonds is 2. The van der Waals surface area contributed by atoms with Gasteiger partial charge in [-0.3, -0.25) is 4.79 Å². The average Bonchev–Trinajstić information content (AvgIpc) is 2.57. The molecule has 1 heterocycles. The zero-order chi connectivity index (χ0) is 13.4. The minimum atomic E-state index is -2.96. The van der Waals surface area contributed by atoms with Gasteiger partial charge in [0, 0.05) is 6.04 Å². The van der Waals surface area contributed by atoms with E-state index >= 15 is 0 Å². The summed E-state index contributed by atoms with van der Waals surface area (Å²) in [4.78, 5) is 12.2. The van der Waals surface area contributed by atoms with Gasteiger partial charge in [-0.25, -0.2) is 8.42 Å². The van der Waals surface area contributed by atoms with E-state index in [-0.39, 0.29) is 23.5 Å². The van der Waals surface area contributed by atoms with Gasteiger partial charge in [0.25, 0.3) is 0 Å². The molecule has 1 aliphatic carbocycles. The summed E-state index contributed by atoms with van der Waals surface area (Å²) in [6, 6.07) is -0.250. The summed E-state index contributed by atoms with van der Waals surface area (Å²) in [5.41, 5.74) is 5.38. The zero-order valence-electron chi connectivity index (χ0n) is 10.8. The lowest BCUT2D eigenvalue weighted by molar-refractivity contribution is -0.128. The first-order valence-electron chi connectivity index (χ1n) is 6.61. The molecule has 3 unspecified atom stereocenters. The Hall–Kier alpha value is -0.620. The maximum absolute atomic E-state index is 12.2. The van der Waals surface area contributed by atoms with Crippen molar-refractivity contribution in [1.29, 1.82) is 0 Å². The van der Waals surface area contributed by atoms with E-state index in [1.807, 2.05) is 0 Å². The third-order valence-electron chi connectivity index (χ3n) is 4.05. The lowest BCUT2D eigenvalue weighted by Crippen LogP contribution is -2.58. The number of amides is 1. The fourth-order valence-corrected chi connectivity index (χ4v) is 4.71. The van der Waals surface area contributed by atoms with Crippen molar-refractivity contribution >= 4 is 15.7 Å². The molecule has 6 heteroatoms. The summed E-state index contributed by atoms with van der Waals surface area (Å²) < 4.78 is 22.7. The smallest absolute Gasteiger partial charge is 0.240 e. The highest BCUT2D eigenvalue weighted by Crippen LogP contribution is 2.30. The third kappa shape index (κ3) is 3.03. The van der Waals surface area contributed by atoms with Crippen molar-refractivity contribution in [1.82, 2.24) is 5.32 Å². The van der Waals surface area contributed by atoms with Crippen LogP contribution in [0.3, 0.4) is 0 Å². The van der Waals surface area contributed by atoms with E-state index in [4.69, 9.17) is 5.73 Å². The number of hydrogen-bond donors (Lipinski definition) is 2. The average molecular weight is 274 g/mol. The van der Waals surface area contributed by atoms with Crippen molar-refractivity contribution in [2.45, 2.75) is 50.6 Å². The number of nitrogens with two attached hydrogens (primary N) is 1. The van der Waals surface area contributed by atoms with Crippen LogP contribution in [0, 0.1) is 5.92 Å². The predicted octanol–water partition coefficient (Wildman–Crippen LogP) is 0.197. The molecule has 18 heavy (non-hydrogen) atoms. The number of sulfone groups is 1. The summed E-state index contributed by atoms with van der Waals surface area (Å²) in [6.45, 7) is 2.11. The molecule has 0 bridgehead atoms. The molecule has 2 fully saturated rings. The molecule has 1 aliphatic heterocycles. The van der Waals surface area contributed by atoms with Gasteiger partial charge in [0.05, 0.1) is 17.0 Å². The molecule has 0 aromatic heterocycles. The van der Waals surface area contributed by atoms with Crippen LogP contribution < -0.4 is 11.1 Å². The van der Waals surface area contributed by atoms with E-state index in [0.717, 1.165) is 12.8 Å². The highest BCUT2D eigenvalue weighted by molar-refractivity contribution is 7.91. The lowest BCUT2D eigenvalue weighted by atomic mass is 9.76. The first kappa shape index (κ1) is 13.8. The van der Waals surface area contributed by atoms with Gasteiger partial charge in [-0.05, 0) is 25.2 Å². The second-order valence-corrected chi connectivity index (χ2v) is 8.16. The third-order valence-corrected chi connectivity index (χ3v) is 5.82. The van der Waals surface area contributed by atoms with Crippen LogP contribution >= 0.6 is 0 Å². The standard InChI is InChI=1S/C12H22N2O3S/c1-9-3-2-5-12(13,7-9)11(15)14-10-4-6-18(16,17)8-10/h9-10H,2-8,13H2,1H3,(H,14,15). The van der Waals surface area contributed by atoms with Crippen LogP contribution in [0.5, 0.6) is 0 Å². The van der Waals surface area contributed by atoms with Crippen molar-refractivity contribution in [3.05, 3.63) is 0 Å². The summed E-state index contributed by atoms with van der Waals surface area (Å²) in [6.07, 6.45) is 3.98. The van der Waals surface area contributed by atoms with E-state index in [2.05, 4.69) is 12.2 Å². The van der Waals surface area contributed by atoms with Crippen LogP contribution in [0.1, 0.15) is 39.0 Å². The zero-order valence-corrected chi connectivity index (χ0v) is 11.6. The molecule has 1 saturated heterocycles. The topological polar surface area (TPSA) is 89.3 Å². The molecule has 1 amide bonds. The van der Waals surface area contributed by atoms with Crippen molar-refractivity contribution in [3.63, 3.8) is 0 Å². The molecule has 5 nitrogen and oxygen atoms in total. The minimum Gasteiger partial charge on any atom is -0.351 e. The Labute approximate surface area is 108 Å². The normalized spacial score (nSPS) is 39.4. The molecule has 1 saturated carbocycles. The van der Waals surface area contributed by atoms with Gasteiger partial charge in [-0.1, -0.05) is 19.8 Å². The molecular weight excluding hydrogens is 252 g/mol. The molecular formula is C12H22N2O3S. The maximum atomic E-state index is 12.2. The van der Waals surface area contributed by atoms with Crippen LogP contribution in [0.15, 0.2) is 0 Å². The van der Waals surface area contributed by atoms with Crippen LogP contribution in [-0.2, 0) is 14.6 Å². The van der Waals surface area contributed by atoms with Gasteiger partial charge in [-0.15, -0.1) is 0 Å². The molecule has 2 rings (SSSR count). The molecule has 2 aliphatic rings. The monoisotopic (exact) mass is 274 g/mol. The summed E-state index contributed by atoms with van der Waals surface area (Å²) in [7, 11) is -2.96. The first-order chi connectivity index (χ1) is 8.31. The predicted molar refractivity (Wildman–Crippen MR) is 69.8 cm³/mol. The second-order valence-electron chi connectivity index (χ2n) is 5.93. The van der Waals surface area contributed by atoms with Crippen LogP contribution in [0.25, 0.3) is 0 Å². The number of carbonyl (C=O) groups excluding carboxylic acids is 1. The Balaban J connectivity index is 1.95. The fraction of sp³-hybridized carbons (Fsp3) is 0.917. The number of nitrogens with one attached hydrogen (secondary N) is 1. The van der Waals surface area contributed by atoms with Crippen molar-refractivity contribution < 1.29 is 13.2 Å². The summed E-state index contributed by atoms with van der Waals surface area (Å²) in [5, 5.41) is 2.82. The quantitative estimate of drug-likeness (QED) is 0.752. The Morgan fingerprint density at radius 1 is 1.39 bits per heavy atom. The van der Waals surface area contributed by atoms with Gasteiger partial charge in [-0.2, -0.15) is 0 Å². The largest absolute Gasteiger partial charge is 0.351 e. The second kappa shape index (κ2) is 4.81. The van der Waals surface area contributed by atoms with Gasteiger partial charge >= 0.3 is 0 Å². The number of hydrogen-bond acceptors (Lipinski definition) is 4. The molecule has 0 radical (unpaired) electrons. The highest BCUT2D eigenvalue weighted by atomic mass is 32.2. The number of carbonyl (C=O) groups is 1. The Kier molecular flexibility index (Phi) is 3.69.